The Morgan fingerprint density at radius 1 is 0.969 bits per heavy atom. The Kier molecular flexibility index (Phi) is 6.00. The van der Waals surface area contributed by atoms with Gasteiger partial charge in [-0.25, -0.2) is 4.68 Å². The zero-order chi connectivity index (χ0) is 21.8. The van der Waals surface area contributed by atoms with E-state index in [-0.39, 0.29) is 5.91 Å². The van der Waals surface area contributed by atoms with Crippen molar-refractivity contribution in [3.05, 3.63) is 89.4 Å². The van der Waals surface area contributed by atoms with Gasteiger partial charge < -0.3 is 15.0 Å². The standard InChI is InChI=1S/C25H24N4O2S/c30-25(26-17-19-8-10-20(11-9-19)28-12-14-31-15-13-28)22-18-29(21-5-2-1-3-6-21)27-24(22)23-7-4-16-32-23/h1-11,16,18H,12-15,17H2,(H,26,30). The van der Waals surface area contributed by atoms with Crippen molar-refractivity contribution in [3.8, 4) is 16.3 Å². The number of thiophene rings is 1. The average Bonchev–Trinajstić information content (AvgIpc) is 3.54. The van der Waals surface area contributed by atoms with Gasteiger partial charge in [-0.2, -0.15) is 5.10 Å². The van der Waals surface area contributed by atoms with Gasteiger partial charge in [-0.15, -0.1) is 11.3 Å². The first-order chi connectivity index (χ1) is 15.8. The van der Waals surface area contributed by atoms with Gasteiger partial charge in [-0.3, -0.25) is 4.79 Å². The first kappa shape index (κ1) is 20.5. The number of para-hydroxylation sites is 1. The fourth-order valence-corrected chi connectivity index (χ4v) is 4.50. The summed E-state index contributed by atoms with van der Waals surface area (Å²) in [5.41, 5.74) is 4.43. The summed E-state index contributed by atoms with van der Waals surface area (Å²) in [6.45, 7) is 3.81. The molecule has 0 unspecified atom stereocenters. The van der Waals surface area contributed by atoms with Crippen molar-refractivity contribution < 1.29 is 9.53 Å². The number of anilines is 1. The van der Waals surface area contributed by atoms with Crippen molar-refractivity contribution in [2.45, 2.75) is 6.54 Å². The van der Waals surface area contributed by atoms with Gasteiger partial charge in [0, 0.05) is 31.5 Å². The maximum absolute atomic E-state index is 13.1. The molecule has 0 radical (unpaired) electrons. The number of aromatic nitrogens is 2. The maximum atomic E-state index is 13.1. The van der Waals surface area contributed by atoms with Gasteiger partial charge in [-0.05, 0) is 41.3 Å². The molecule has 0 bridgehead atoms. The third-order valence-corrected chi connectivity index (χ3v) is 6.38. The first-order valence-electron chi connectivity index (χ1n) is 10.7. The lowest BCUT2D eigenvalue weighted by Gasteiger charge is -2.28. The quantitative estimate of drug-likeness (QED) is 0.480. The van der Waals surface area contributed by atoms with Crippen molar-refractivity contribution in [1.82, 2.24) is 15.1 Å². The lowest BCUT2D eigenvalue weighted by atomic mass is 10.1. The van der Waals surface area contributed by atoms with Crippen LogP contribution in [0, 0.1) is 0 Å². The Bertz CT molecular complexity index is 1160. The van der Waals surface area contributed by atoms with Gasteiger partial charge in [-0.1, -0.05) is 36.4 Å². The van der Waals surface area contributed by atoms with Crippen molar-refractivity contribution in [3.63, 3.8) is 0 Å². The molecule has 1 amide bonds. The van der Waals surface area contributed by atoms with Gasteiger partial charge in [0.05, 0.1) is 29.3 Å². The van der Waals surface area contributed by atoms with Crippen LogP contribution < -0.4 is 10.2 Å². The van der Waals surface area contributed by atoms with Crippen LogP contribution in [0.15, 0.2) is 78.3 Å². The highest BCUT2D eigenvalue weighted by Crippen LogP contribution is 2.28. The van der Waals surface area contributed by atoms with Gasteiger partial charge >= 0.3 is 0 Å². The number of carbonyl (C=O) groups is 1. The van der Waals surface area contributed by atoms with Crippen LogP contribution in [-0.2, 0) is 11.3 Å². The molecule has 3 heterocycles. The van der Waals surface area contributed by atoms with E-state index in [9.17, 15) is 4.79 Å². The van der Waals surface area contributed by atoms with Crippen LogP contribution in [0.4, 0.5) is 5.69 Å². The number of hydrogen-bond donors (Lipinski definition) is 1. The molecular weight excluding hydrogens is 420 g/mol. The minimum absolute atomic E-state index is 0.132. The molecule has 162 valence electrons. The molecule has 0 atom stereocenters. The third kappa shape index (κ3) is 4.44. The summed E-state index contributed by atoms with van der Waals surface area (Å²) in [4.78, 5) is 16.4. The van der Waals surface area contributed by atoms with E-state index in [2.05, 4.69) is 34.5 Å². The second kappa shape index (κ2) is 9.38. The number of carbonyl (C=O) groups excluding carboxylic acids is 1. The molecule has 0 saturated carbocycles. The Labute approximate surface area is 191 Å². The maximum Gasteiger partial charge on any atom is 0.255 e. The zero-order valence-corrected chi connectivity index (χ0v) is 18.4. The monoisotopic (exact) mass is 444 g/mol. The van der Waals surface area contributed by atoms with E-state index in [4.69, 9.17) is 9.84 Å². The number of benzene rings is 2. The van der Waals surface area contributed by atoms with E-state index in [0.29, 0.717) is 17.8 Å². The number of morpholine rings is 1. The molecule has 0 spiro atoms. The topological polar surface area (TPSA) is 59.4 Å². The normalized spacial score (nSPS) is 13.8. The van der Waals surface area contributed by atoms with Crippen molar-refractivity contribution in [2.24, 2.45) is 0 Å². The molecule has 5 rings (SSSR count). The van der Waals surface area contributed by atoms with Crippen LogP contribution in [-0.4, -0.2) is 42.0 Å². The number of nitrogens with zero attached hydrogens (tertiary/aromatic N) is 3. The zero-order valence-electron chi connectivity index (χ0n) is 17.6. The molecule has 7 heteroatoms. The molecule has 1 saturated heterocycles. The van der Waals surface area contributed by atoms with Crippen LogP contribution in [0.3, 0.4) is 0 Å². The highest BCUT2D eigenvalue weighted by atomic mass is 32.1. The first-order valence-corrected chi connectivity index (χ1v) is 11.5. The minimum Gasteiger partial charge on any atom is -0.378 e. The molecule has 0 aliphatic carbocycles. The molecule has 2 aromatic heterocycles. The fraction of sp³-hybridized carbons (Fsp3) is 0.200. The molecule has 1 aliphatic rings. The molecule has 1 N–H and O–H groups in total. The second-order valence-corrected chi connectivity index (χ2v) is 8.55. The largest absolute Gasteiger partial charge is 0.378 e. The lowest BCUT2D eigenvalue weighted by molar-refractivity contribution is 0.0951. The van der Waals surface area contributed by atoms with E-state index in [0.717, 1.165) is 42.4 Å². The summed E-state index contributed by atoms with van der Waals surface area (Å²) >= 11 is 1.58. The Balaban J connectivity index is 1.32. The SMILES string of the molecule is O=C(NCc1ccc(N2CCOCC2)cc1)c1cn(-c2ccccc2)nc1-c1cccs1. The van der Waals surface area contributed by atoms with Crippen LogP contribution in [0.2, 0.25) is 0 Å². The van der Waals surface area contributed by atoms with Gasteiger partial charge in [0.1, 0.15) is 5.69 Å². The summed E-state index contributed by atoms with van der Waals surface area (Å²) in [6, 6.07) is 22.1. The van der Waals surface area contributed by atoms with Crippen molar-refractivity contribution in [2.75, 3.05) is 31.2 Å². The highest BCUT2D eigenvalue weighted by molar-refractivity contribution is 7.13. The minimum atomic E-state index is -0.132. The van der Waals surface area contributed by atoms with Crippen LogP contribution in [0.25, 0.3) is 16.3 Å². The number of amides is 1. The molecule has 4 aromatic rings. The van der Waals surface area contributed by atoms with Gasteiger partial charge in [0.2, 0.25) is 0 Å². The third-order valence-electron chi connectivity index (χ3n) is 5.50. The highest BCUT2D eigenvalue weighted by Gasteiger charge is 2.19. The molecule has 32 heavy (non-hydrogen) atoms. The van der Waals surface area contributed by atoms with E-state index in [1.54, 1.807) is 22.2 Å². The van der Waals surface area contributed by atoms with Gasteiger partial charge in [0.15, 0.2) is 0 Å². The molecular formula is C25H24N4O2S. The number of hydrogen-bond acceptors (Lipinski definition) is 5. The second-order valence-electron chi connectivity index (χ2n) is 7.60. The van der Waals surface area contributed by atoms with Crippen LogP contribution >= 0.6 is 11.3 Å². The Morgan fingerprint density at radius 3 is 2.47 bits per heavy atom. The Morgan fingerprint density at radius 2 is 1.75 bits per heavy atom. The predicted octanol–water partition coefficient (Wildman–Crippen LogP) is 4.37. The Hall–Kier alpha value is -3.42. The van der Waals surface area contributed by atoms with Gasteiger partial charge in [0.25, 0.3) is 5.91 Å². The average molecular weight is 445 g/mol. The molecule has 6 nitrogen and oxygen atoms in total. The molecule has 1 fully saturated rings. The number of nitrogens with one attached hydrogen (secondary N) is 1. The summed E-state index contributed by atoms with van der Waals surface area (Å²) in [5, 5.41) is 9.77. The number of ether oxygens (including phenoxy) is 1. The van der Waals surface area contributed by atoms with Crippen LogP contribution in [0.5, 0.6) is 0 Å². The summed E-state index contributed by atoms with van der Waals surface area (Å²) in [5.74, 6) is -0.132. The number of rotatable bonds is 6. The smallest absolute Gasteiger partial charge is 0.255 e. The summed E-state index contributed by atoms with van der Waals surface area (Å²) in [7, 11) is 0. The lowest BCUT2D eigenvalue weighted by Crippen LogP contribution is -2.36. The van der Waals surface area contributed by atoms with E-state index in [1.165, 1.54) is 5.69 Å². The van der Waals surface area contributed by atoms with Crippen molar-refractivity contribution >= 4 is 22.9 Å². The summed E-state index contributed by atoms with van der Waals surface area (Å²) in [6.07, 6.45) is 1.81. The van der Waals surface area contributed by atoms with E-state index < -0.39 is 0 Å². The predicted molar refractivity (Wildman–Crippen MR) is 128 cm³/mol. The van der Waals surface area contributed by atoms with Crippen LogP contribution in [0.1, 0.15) is 15.9 Å². The van der Waals surface area contributed by atoms with E-state index >= 15 is 0 Å². The van der Waals surface area contributed by atoms with E-state index in [1.807, 2.05) is 47.8 Å². The summed E-state index contributed by atoms with van der Waals surface area (Å²) < 4.78 is 7.19. The molecule has 1 aliphatic heterocycles. The molecule has 2 aromatic carbocycles. The van der Waals surface area contributed by atoms with Crippen molar-refractivity contribution in [1.29, 1.82) is 0 Å². The fourth-order valence-electron chi connectivity index (χ4n) is 3.77.